The predicted octanol–water partition coefficient (Wildman–Crippen LogP) is 4.30. The van der Waals surface area contributed by atoms with Gasteiger partial charge in [0.05, 0.1) is 5.69 Å². The van der Waals surface area contributed by atoms with Crippen LogP contribution in [-0.4, -0.2) is 42.3 Å². The predicted molar refractivity (Wildman–Crippen MR) is 98.0 cm³/mol. The van der Waals surface area contributed by atoms with E-state index in [2.05, 4.69) is 15.9 Å². The van der Waals surface area contributed by atoms with Gasteiger partial charge in [-0.2, -0.15) is 5.26 Å². The molecule has 2 rings (SSSR count). The first-order chi connectivity index (χ1) is 11.7. The summed E-state index contributed by atoms with van der Waals surface area (Å²) in [7, 11) is 0. The Hall–Kier alpha value is -1.81. The number of nitriles is 1. The normalized spacial score (nSPS) is 18.0. The Labute approximate surface area is 156 Å². The van der Waals surface area contributed by atoms with Crippen LogP contribution in [0.3, 0.4) is 0 Å². The summed E-state index contributed by atoms with van der Waals surface area (Å²) in [4.78, 5) is 16.0. The van der Waals surface area contributed by atoms with Gasteiger partial charge in [-0.15, -0.1) is 0 Å². The van der Waals surface area contributed by atoms with Crippen LogP contribution in [0, 0.1) is 17.1 Å². The number of nitrogens with zero attached hydrogens (tertiary/aromatic N) is 3. The molecule has 1 amide bonds. The molecule has 0 radical (unpaired) electrons. The molecule has 1 unspecified atom stereocenters. The van der Waals surface area contributed by atoms with Crippen molar-refractivity contribution in [1.82, 2.24) is 4.90 Å². The molecule has 0 saturated carbocycles. The average molecular weight is 412 g/mol. The quantitative estimate of drug-likeness (QED) is 0.727. The van der Waals surface area contributed by atoms with Crippen LogP contribution in [0.2, 0.25) is 0 Å². The molecule has 0 bridgehead atoms. The molecule has 1 fully saturated rings. The van der Waals surface area contributed by atoms with Crippen molar-refractivity contribution in [3.05, 3.63) is 28.0 Å². The molecule has 25 heavy (non-hydrogen) atoms. The Morgan fingerprint density at radius 1 is 1.44 bits per heavy atom. The van der Waals surface area contributed by atoms with Crippen LogP contribution < -0.4 is 4.90 Å². The second-order valence-corrected chi connectivity index (χ2v) is 7.99. The van der Waals surface area contributed by atoms with E-state index in [0.717, 1.165) is 6.42 Å². The van der Waals surface area contributed by atoms with Gasteiger partial charge in [0, 0.05) is 30.1 Å². The van der Waals surface area contributed by atoms with Crippen LogP contribution in [0.25, 0.3) is 0 Å². The van der Waals surface area contributed by atoms with E-state index in [1.807, 2.05) is 38.7 Å². The smallest absolute Gasteiger partial charge is 0.410 e. The Bertz CT molecular complexity index is 697. The number of hydrogen-bond donors (Lipinski definition) is 0. The second kappa shape index (κ2) is 7.61. The molecule has 1 aliphatic rings. The van der Waals surface area contributed by atoms with Crippen molar-refractivity contribution in [3.8, 4) is 6.07 Å². The van der Waals surface area contributed by atoms with Gasteiger partial charge in [0.1, 0.15) is 23.1 Å². The van der Waals surface area contributed by atoms with Crippen LogP contribution in [-0.2, 0) is 4.74 Å². The van der Waals surface area contributed by atoms with Crippen molar-refractivity contribution in [1.29, 1.82) is 5.26 Å². The Kier molecular flexibility index (Phi) is 5.94. The van der Waals surface area contributed by atoms with Gasteiger partial charge in [-0.3, -0.25) is 0 Å². The summed E-state index contributed by atoms with van der Waals surface area (Å²) in [5, 5.41) is 9.33. The molecular weight excluding hydrogens is 389 g/mol. The number of carbonyl (C=O) groups excluding carboxylic acids is 1. The first-order valence-corrected chi connectivity index (χ1v) is 9.09. The summed E-state index contributed by atoms with van der Waals surface area (Å²) in [5.74, 6) is -0.545. The molecule has 7 heteroatoms. The van der Waals surface area contributed by atoms with Crippen molar-refractivity contribution in [2.75, 3.05) is 24.5 Å². The van der Waals surface area contributed by atoms with Crippen LogP contribution in [0.4, 0.5) is 14.9 Å². The molecule has 0 spiro atoms. The van der Waals surface area contributed by atoms with Crippen LogP contribution in [0.1, 0.15) is 39.7 Å². The van der Waals surface area contributed by atoms with Gasteiger partial charge in [-0.25, -0.2) is 9.18 Å². The molecule has 0 N–H and O–H groups in total. The number of carbonyl (C=O) groups is 1. The molecule has 1 atom stereocenters. The maximum absolute atomic E-state index is 14.1. The maximum Gasteiger partial charge on any atom is 0.410 e. The maximum atomic E-state index is 14.1. The van der Waals surface area contributed by atoms with Crippen molar-refractivity contribution in [3.63, 3.8) is 0 Å². The molecule has 136 valence electrons. The third-order valence-electron chi connectivity index (χ3n) is 4.06. The average Bonchev–Trinajstić information content (AvgIpc) is 2.52. The molecule has 0 aliphatic carbocycles. The van der Waals surface area contributed by atoms with E-state index < -0.39 is 11.4 Å². The first kappa shape index (κ1) is 19.5. The minimum absolute atomic E-state index is 0.0120. The van der Waals surface area contributed by atoms with Crippen molar-refractivity contribution < 1.29 is 13.9 Å². The number of halogens is 2. The van der Waals surface area contributed by atoms with E-state index in [9.17, 15) is 14.4 Å². The highest BCUT2D eigenvalue weighted by Crippen LogP contribution is 2.31. The summed E-state index contributed by atoms with van der Waals surface area (Å²) in [6.07, 6.45) is 0.421. The molecule has 1 aromatic carbocycles. The zero-order chi connectivity index (χ0) is 18.8. The Balaban J connectivity index is 2.24. The molecule has 5 nitrogen and oxygen atoms in total. The molecule has 1 aliphatic heterocycles. The lowest BCUT2D eigenvalue weighted by molar-refractivity contribution is 0.0213. The van der Waals surface area contributed by atoms with E-state index in [-0.39, 0.29) is 17.7 Å². The molecule has 0 aromatic heterocycles. The zero-order valence-electron chi connectivity index (χ0n) is 15.0. The number of ether oxygens (including phenoxy) is 1. The summed E-state index contributed by atoms with van der Waals surface area (Å²) >= 11 is 3.29. The van der Waals surface area contributed by atoms with Crippen LogP contribution in [0.15, 0.2) is 16.6 Å². The van der Waals surface area contributed by atoms with E-state index in [1.165, 1.54) is 6.07 Å². The minimum atomic E-state index is -0.545. The highest BCUT2D eigenvalue weighted by molar-refractivity contribution is 9.10. The SMILES string of the molecule is CCC1CN(C(=O)OC(C)(C)C)CCN1c1cc(Br)cc(F)c1C#N. The highest BCUT2D eigenvalue weighted by atomic mass is 79.9. The van der Waals surface area contributed by atoms with Gasteiger partial charge in [0.2, 0.25) is 0 Å². The van der Waals surface area contributed by atoms with E-state index >= 15 is 0 Å². The second-order valence-electron chi connectivity index (χ2n) is 7.08. The fourth-order valence-electron chi connectivity index (χ4n) is 2.91. The number of benzene rings is 1. The number of amides is 1. The summed E-state index contributed by atoms with van der Waals surface area (Å²) in [6.45, 7) is 8.97. The lowest BCUT2D eigenvalue weighted by Gasteiger charge is -2.43. The number of anilines is 1. The fourth-order valence-corrected chi connectivity index (χ4v) is 3.33. The van der Waals surface area contributed by atoms with Crippen LogP contribution in [0.5, 0.6) is 0 Å². The highest BCUT2D eigenvalue weighted by Gasteiger charge is 2.32. The van der Waals surface area contributed by atoms with Gasteiger partial charge in [-0.1, -0.05) is 22.9 Å². The van der Waals surface area contributed by atoms with E-state index in [0.29, 0.717) is 29.8 Å². The number of piperazine rings is 1. The lowest BCUT2D eigenvalue weighted by atomic mass is 10.1. The lowest BCUT2D eigenvalue weighted by Crippen LogP contribution is -2.55. The number of hydrogen-bond acceptors (Lipinski definition) is 4. The Morgan fingerprint density at radius 3 is 2.68 bits per heavy atom. The van der Waals surface area contributed by atoms with Gasteiger partial charge in [0.15, 0.2) is 0 Å². The molecular formula is C18H23BrFN3O2. The van der Waals surface area contributed by atoms with Gasteiger partial charge in [0.25, 0.3) is 0 Å². The first-order valence-electron chi connectivity index (χ1n) is 8.30. The number of rotatable bonds is 2. The van der Waals surface area contributed by atoms with Crippen molar-refractivity contribution >= 4 is 27.7 Å². The molecule has 1 aromatic rings. The third kappa shape index (κ3) is 4.63. The van der Waals surface area contributed by atoms with E-state index in [1.54, 1.807) is 11.0 Å². The van der Waals surface area contributed by atoms with Crippen molar-refractivity contribution in [2.45, 2.75) is 45.8 Å². The summed E-state index contributed by atoms with van der Waals surface area (Å²) in [5.41, 5.74) is 0.0505. The fraction of sp³-hybridized carbons (Fsp3) is 0.556. The van der Waals surface area contributed by atoms with Gasteiger partial charge >= 0.3 is 6.09 Å². The largest absolute Gasteiger partial charge is 0.444 e. The summed E-state index contributed by atoms with van der Waals surface area (Å²) < 4.78 is 20.2. The zero-order valence-corrected chi connectivity index (χ0v) is 16.6. The Morgan fingerprint density at radius 2 is 2.12 bits per heavy atom. The van der Waals surface area contributed by atoms with Crippen LogP contribution >= 0.6 is 15.9 Å². The van der Waals surface area contributed by atoms with E-state index in [4.69, 9.17) is 4.74 Å². The summed E-state index contributed by atoms with van der Waals surface area (Å²) in [6, 6.07) is 4.99. The standard InChI is InChI=1S/C18H23BrFN3O2/c1-5-13-11-22(17(24)25-18(2,3)4)6-7-23(13)16-9-12(19)8-15(20)14(16)10-21/h8-9,13H,5-7,11H2,1-4H3. The van der Waals surface area contributed by atoms with Crippen molar-refractivity contribution in [2.24, 2.45) is 0 Å². The van der Waals surface area contributed by atoms with Gasteiger partial charge < -0.3 is 14.5 Å². The molecule has 1 saturated heterocycles. The van der Waals surface area contributed by atoms with Gasteiger partial charge in [-0.05, 0) is 39.3 Å². The molecule has 1 heterocycles. The third-order valence-corrected chi connectivity index (χ3v) is 4.52. The monoisotopic (exact) mass is 411 g/mol. The topological polar surface area (TPSA) is 56.6 Å². The minimum Gasteiger partial charge on any atom is -0.444 e.